The van der Waals surface area contributed by atoms with Gasteiger partial charge in [-0.15, -0.1) is 0 Å². The van der Waals surface area contributed by atoms with Gasteiger partial charge in [0, 0.05) is 13.1 Å². The van der Waals surface area contributed by atoms with Crippen molar-refractivity contribution in [3.63, 3.8) is 0 Å². The second-order valence-electron chi connectivity index (χ2n) is 4.91. The summed E-state index contributed by atoms with van der Waals surface area (Å²) in [6.45, 7) is 3.86. The molecule has 0 aliphatic rings. The summed E-state index contributed by atoms with van der Waals surface area (Å²) in [5, 5.41) is 18.6. The lowest BCUT2D eigenvalue weighted by Gasteiger charge is -2.21. The Morgan fingerprint density at radius 3 is 2.63 bits per heavy atom. The van der Waals surface area contributed by atoms with Crippen molar-refractivity contribution in [2.75, 3.05) is 26.7 Å². The molecule has 0 spiro atoms. The van der Waals surface area contributed by atoms with Gasteiger partial charge in [0.15, 0.2) is 0 Å². The van der Waals surface area contributed by atoms with Crippen LogP contribution in [0.25, 0.3) is 0 Å². The first-order chi connectivity index (χ1) is 9.11. The highest BCUT2D eigenvalue weighted by Gasteiger charge is 2.11. The number of benzene rings is 1. The van der Waals surface area contributed by atoms with E-state index in [9.17, 15) is 5.11 Å². The lowest BCUT2D eigenvalue weighted by atomic mass is 10.2. The molecule has 0 heterocycles. The van der Waals surface area contributed by atoms with Gasteiger partial charge in [-0.05, 0) is 19.5 Å². The number of aliphatic hydroxyl groups is 1. The van der Waals surface area contributed by atoms with E-state index in [0.717, 1.165) is 5.56 Å². The average molecular weight is 262 g/mol. The van der Waals surface area contributed by atoms with Gasteiger partial charge >= 0.3 is 0 Å². The van der Waals surface area contributed by atoms with Crippen LogP contribution in [0, 0.1) is 17.2 Å². The number of aliphatic hydroxyl groups excluding tert-OH is 1. The van der Waals surface area contributed by atoms with Gasteiger partial charge in [0.05, 0.1) is 31.3 Å². The summed E-state index contributed by atoms with van der Waals surface area (Å²) in [5.41, 5.74) is 1.10. The molecule has 4 nitrogen and oxygen atoms in total. The first-order valence-electron chi connectivity index (χ1n) is 6.49. The molecule has 0 fully saturated rings. The van der Waals surface area contributed by atoms with Crippen molar-refractivity contribution >= 4 is 0 Å². The number of rotatable bonds is 8. The summed E-state index contributed by atoms with van der Waals surface area (Å²) < 4.78 is 5.47. The Balaban J connectivity index is 2.17. The lowest BCUT2D eigenvalue weighted by molar-refractivity contribution is 0.0129. The van der Waals surface area contributed by atoms with E-state index in [4.69, 9.17) is 10.00 Å². The maximum Gasteiger partial charge on any atom is 0.0900 e. The van der Waals surface area contributed by atoms with Gasteiger partial charge in [0.25, 0.3) is 0 Å². The molecule has 0 aliphatic heterocycles. The van der Waals surface area contributed by atoms with Crippen LogP contribution in [-0.4, -0.2) is 42.9 Å². The largest absolute Gasteiger partial charge is 0.389 e. The third-order valence-electron chi connectivity index (χ3n) is 2.75. The molecule has 0 saturated carbocycles. The van der Waals surface area contributed by atoms with E-state index in [-0.39, 0.29) is 5.92 Å². The minimum Gasteiger partial charge on any atom is -0.389 e. The van der Waals surface area contributed by atoms with E-state index in [1.54, 1.807) is 0 Å². The molecule has 1 aromatic rings. The van der Waals surface area contributed by atoms with E-state index < -0.39 is 6.10 Å². The molecule has 0 saturated heterocycles. The van der Waals surface area contributed by atoms with Crippen LogP contribution in [0.3, 0.4) is 0 Å². The standard InChI is InChI=1S/C15H22N2O2/c1-13(8-16)9-17(2)10-15(18)12-19-11-14-6-4-3-5-7-14/h3-7,13,15,18H,9-12H2,1-2H3. The normalized spacial score (nSPS) is 14.1. The predicted octanol–water partition coefficient (Wildman–Crippen LogP) is 1.66. The van der Waals surface area contributed by atoms with E-state index in [0.29, 0.717) is 26.3 Å². The number of likely N-dealkylation sites (N-methyl/N-ethyl adjacent to an activating group) is 1. The number of nitriles is 1. The Hall–Kier alpha value is -1.41. The lowest BCUT2D eigenvalue weighted by Crippen LogP contribution is -2.34. The van der Waals surface area contributed by atoms with Gasteiger partial charge in [0.1, 0.15) is 0 Å². The Kier molecular flexibility index (Phi) is 7.12. The molecule has 1 N–H and O–H groups in total. The Labute approximate surface area is 115 Å². The minimum absolute atomic E-state index is 0.0255. The van der Waals surface area contributed by atoms with Gasteiger partial charge in [0.2, 0.25) is 0 Å². The molecular weight excluding hydrogens is 240 g/mol. The highest BCUT2D eigenvalue weighted by atomic mass is 16.5. The fraction of sp³-hybridized carbons (Fsp3) is 0.533. The third-order valence-corrected chi connectivity index (χ3v) is 2.75. The van der Waals surface area contributed by atoms with Gasteiger partial charge in [-0.2, -0.15) is 5.26 Å². The maximum absolute atomic E-state index is 9.83. The predicted molar refractivity (Wildman–Crippen MR) is 74.4 cm³/mol. The summed E-state index contributed by atoms with van der Waals surface area (Å²) in [5.74, 6) is -0.0255. The van der Waals surface area contributed by atoms with Crippen LogP contribution >= 0.6 is 0 Å². The van der Waals surface area contributed by atoms with Crippen LogP contribution < -0.4 is 0 Å². The zero-order chi connectivity index (χ0) is 14.1. The van der Waals surface area contributed by atoms with Crippen LogP contribution in [0.5, 0.6) is 0 Å². The molecule has 19 heavy (non-hydrogen) atoms. The molecule has 4 heteroatoms. The van der Waals surface area contributed by atoms with Gasteiger partial charge < -0.3 is 14.7 Å². The van der Waals surface area contributed by atoms with Crippen molar-refractivity contribution in [1.82, 2.24) is 4.90 Å². The number of hydrogen-bond acceptors (Lipinski definition) is 4. The number of ether oxygens (including phenoxy) is 1. The molecular formula is C15H22N2O2. The molecule has 2 unspecified atom stereocenters. The van der Waals surface area contributed by atoms with Crippen molar-refractivity contribution in [2.45, 2.75) is 19.6 Å². The van der Waals surface area contributed by atoms with Crippen molar-refractivity contribution in [3.8, 4) is 6.07 Å². The van der Waals surface area contributed by atoms with Crippen LogP contribution in [-0.2, 0) is 11.3 Å². The molecule has 0 aromatic heterocycles. The van der Waals surface area contributed by atoms with Gasteiger partial charge in [-0.1, -0.05) is 30.3 Å². The second kappa shape index (κ2) is 8.65. The molecule has 0 amide bonds. The molecule has 0 aliphatic carbocycles. The first kappa shape index (κ1) is 15.6. The van der Waals surface area contributed by atoms with Crippen LogP contribution in [0.15, 0.2) is 30.3 Å². The highest BCUT2D eigenvalue weighted by Crippen LogP contribution is 2.02. The summed E-state index contributed by atoms with van der Waals surface area (Å²) in [6.07, 6.45) is -0.528. The number of nitrogens with zero attached hydrogens (tertiary/aromatic N) is 2. The summed E-state index contributed by atoms with van der Waals surface area (Å²) >= 11 is 0. The Morgan fingerprint density at radius 1 is 1.32 bits per heavy atom. The molecule has 0 bridgehead atoms. The SMILES string of the molecule is CC(C#N)CN(C)CC(O)COCc1ccccc1. The topological polar surface area (TPSA) is 56.5 Å². The monoisotopic (exact) mass is 262 g/mol. The van der Waals surface area contributed by atoms with Crippen LogP contribution in [0.2, 0.25) is 0 Å². The smallest absolute Gasteiger partial charge is 0.0900 e. The van der Waals surface area contributed by atoms with E-state index in [2.05, 4.69) is 6.07 Å². The second-order valence-corrected chi connectivity index (χ2v) is 4.91. The molecule has 104 valence electrons. The molecule has 0 radical (unpaired) electrons. The van der Waals surface area contributed by atoms with Crippen LogP contribution in [0.4, 0.5) is 0 Å². The van der Waals surface area contributed by atoms with Crippen molar-refractivity contribution < 1.29 is 9.84 Å². The van der Waals surface area contributed by atoms with Crippen LogP contribution in [0.1, 0.15) is 12.5 Å². The average Bonchev–Trinajstić information content (AvgIpc) is 2.39. The molecule has 2 atom stereocenters. The zero-order valence-electron chi connectivity index (χ0n) is 11.6. The van der Waals surface area contributed by atoms with Crippen molar-refractivity contribution in [1.29, 1.82) is 5.26 Å². The van der Waals surface area contributed by atoms with Crippen molar-refractivity contribution in [2.24, 2.45) is 5.92 Å². The molecule has 1 aromatic carbocycles. The van der Waals surface area contributed by atoms with E-state index >= 15 is 0 Å². The maximum atomic E-state index is 9.83. The Morgan fingerprint density at radius 2 is 2.00 bits per heavy atom. The fourth-order valence-electron chi connectivity index (χ4n) is 1.88. The minimum atomic E-state index is -0.528. The van der Waals surface area contributed by atoms with Gasteiger partial charge in [-0.25, -0.2) is 0 Å². The van der Waals surface area contributed by atoms with Gasteiger partial charge in [-0.3, -0.25) is 0 Å². The molecule has 1 rings (SSSR count). The highest BCUT2D eigenvalue weighted by molar-refractivity contribution is 5.13. The summed E-state index contributed by atoms with van der Waals surface area (Å²) in [7, 11) is 1.90. The number of hydrogen-bond donors (Lipinski definition) is 1. The zero-order valence-corrected chi connectivity index (χ0v) is 11.6. The fourth-order valence-corrected chi connectivity index (χ4v) is 1.88. The summed E-state index contributed by atoms with van der Waals surface area (Å²) in [4.78, 5) is 1.95. The summed E-state index contributed by atoms with van der Waals surface area (Å²) in [6, 6.07) is 12.1. The third kappa shape index (κ3) is 6.92. The van der Waals surface area contributed by atoms with E-state index in [1.165, 1.54) is 0 Å². The van der Waals surface area contributed by atoms with Crippen molar-refractivity contribution in [3.05, 3.63) is 35.9 Å². The Bertz CT molecular complexity index is 389. The van der Waals surface area contributed by atoms with E-state index in [1.807, 2.05) is 49.2 Å². The quantitative estimate of drug-likeness (QED) is 0.774. The first-order valence-corrected chi connectivity index (χ1v) is 6.49.